The highest BCUT2D eigenvalue weighted by atomic mass is 16.6. The van der Waals surface area contributed by atoms with Gasteiger partial charge in [-0.25, -0.2) is 0 Å². The highest BCUT2D eigenvalue weighted by Gasteiger charge is 2.38. The Kier molecular flexibility index (Phi) is 5.61. The zero-order chi connectivity index (χ0) is 18.7. The molecule has 8 nitrogen and oxygen atoms in total. The van der Waals surface area contributed by atoms with Gasteiger partial charge in [-0.15, -0.1) is 0 Å². The number of anilines is 1. The number of carbonyl (C=O) groups is 2. The number of rotatable bonds is 6. The van der Waals surface area contributed by atoms with Gasteiger partial charge in [0.15, 0.2) is 6.10 Å². The first-order valence-corrected chi connectivity index (χ1v) is 8.24. The van der Waals surface area contributed by atoms with Crippen molar-refractivity contribution in [2.45, 2.75) is 33.8 Å². The van der Waals surface area contributed by atoms with Crippen molar-refractivity contribution in [3.05, 3.63) is 28.3 Å². The number of non-ortho nitro benzene ring substituents is 1. The van der Waals surface area contributed by atoms with Crippen LogP contribution in [0, 0.1) is 22.0 Å². The number of nitrogens with one attached hydrogen (secondary N) is 1. The first kappa shape index (κ1) is 18.7. The van der Waals surface area contributed by atoms with Crippen molar-refractivity contribution in [1.82, 2.24) is 5.32 Å². The molecule has 0 saturated heterocycles. The molecule has 136 valence electrons. The number of nitro groups is 1. The van der Waals surface area contributed by atoms with Gasteiger partial charge in [0.1, 0.15) is 12.3 Å². The van der Waals surface area contributed by atoms with Gasteiger partial charge in [0.25, 0.3) is 11.6 Å². The number of amides is 2. The van der Waals surface area contributed by atoms with E-state index >= 15 is 0 Å². The van der Waals surface area contributed by atoms with Crippen LogP contribution in [-0.4, -0.2) is 35.9 Å². The van der Waals surface area contributed by atoms with Crippen molar-refractivity contribution in [1.29, 1.82) is 0 Å². The minimum absolute atomic E-state index is 0.0999. The number of fused-ring (bicyclic) bond motifs is 1. The molecule has 1 N–H and O–H groups in total. The number of hydrogen-bond donors (Lipinski definition) is 1. The van der Waals surface area contributed by atoms with Crippen LogP contribution in [0.2, 0.25) is 0 Å². The van der Waals surface area contributed by atoms with Crippen molar-refractivity contribution in [3.8, 4) is 5.75 Å². The van der Waals surface area contributed by atoms with E-state index in [1.807, 2.05) is 27.7 Å². The predicted octanol–water partition coefficient (Wildman–Crippen LogP) is 2.12. The molecule has 0 bridgehead atoms. The molecule has 0 saturated carbocycles. The van der Waals surface area contributed by atoms with Gasteiger partial charge in [-0.05, 0) is 17.9 Å². The topological polar surface area (TPSA) is 102 Å². The first-order valence-electron chi connectivity index (χ1n) is 8.24. The van der Waals surface area contributed by atoms with Crippen molar-refractivity contribution >= 4 is 23.2 Å². The van der Waals surface area contributed by atoms with Gasteiger partial charge in [0.05, 0.1) is 10.6 Å². The van der Waals surface area contributed by atoms with Gasteiger partial charge in [-0.2, -0.15) is 0 Å². The van der Waals surface area contributed by atoms with Crippen LogP contribution in [0.15, 0.2) is 18.2 Å². The summed E-state index contributed by atoms with van der Waals surface area (Å²) in [5.41, 5.74) is 0.0848. The van der Waals surface area contributed by atoms with Gasteiger partial charge in [-0.1, -0.05) is 27.7 Å². The minimum Gasteiger partial charge on any atom is -0.478 e. The monoisotopic (exact) mass is 349 g/mol. The van der Waals surface area contributed by atoms with E-state index in [-0.39, 0.29) is 41.6 Å². The average Bonchev–Trinajstić information content (AvgIpc) is 2.54. The third-order valence-corrected chi connectivity index (χ3v) is 3.82. The zero-order valence-electron chi connectivity index (χ0n) is 14.8. The van der Waals surface area contributed by atoms with Gasteiger partial charge in [0, 0.05) is 18.7 Å². The molecular weight excluding hydrogens is 326 g/mol. The maximum absolute atomic E-state index is 12.7. The van der Waals surface area contributed by atoms with Crippen molar-refractivity contribution in [3.63, 3.8) is 0 Å². The number of benzene rings is 1. The van der Waals surface area contributed by atoms with E-state index in [4.69, 9.17) is 4.74 Å². The van der Waals surface area contributed by atoms with Gasteiger partial charge in [0.2, 0.25) is 5.91 Å². The molecule has 1 unspecified atom stereocenters. The smallest absolute Gasteiger partial charge is 0.271 e. The van der Waals surface area contributed by atoms with E-state index in [2.05, 4.69) is 5.32 Å². The molecule has 1 heterocycles. The Morgan fingerprint density at radius 2 is 2.04 bits per heavy atom. The fourth-order valence-electron chi connectivity index (χ4n) is 2.49. The number of carbonyl (C=O) groups excluding carboxylic acids is 2. The Balaban J connectivity index is 2.34. The summed E-state index contributed by atoms with van der Waals surface area (Å²) in [6.45, 7) is 7.91. The second kappa shape index (κ2) is 7.50. The van der Waals surface area contributed by atoms with Crippen LogP contribution < -0.4 is 15.0 Å². The Morgan fingerprint density at radius 1 is 1.36 bits per heavy atom. The van der Waals surface area contributed by atoms with Crippen molar-refractivity contribution in [2.24, 2.45) is 11.8 Å². The molecule has 0 fully saturated rings. The lowest BCUT2D eigenvalue weighted by Crippen LogP contribution is -2.51. The van der Waals surface area contributed by atoms with Crippen LogP contribution in [0.25, 0.3) is 0 Å². The summed E-state index contributed by atoms with van der Waals surface area (Å²) in [4.78, 5) is 36.7. The summed E-state index contributed by atoms with van der Waals surface area (Å²) in [5, 5.41) is 13.8. The Hall–Kier alpha value is -2.64. The molecule has 1 atom stereocenters. The third-order valence-electron chi connectivity index (χ3n) is 3.82. The molecule has 1 aliphatic heterocycles. The molecule has 1 aromatic rings. The third kappa shape index (κ3) is 4.26. The number of ether oxygens (including phenoxy) is 1. The largest absolute Gasteiger partial charge is 0.478 e. The highest BCUT2D eigenvalue weighted by Crippen LogP contribution is 2.38. The summed E-state index contributed by atoms with van der Waals surface area (Å²) < 4.78 is 5.70. The standard InChI is InChI=1S/C17H23N3O5/c1-10(2)8-18-15(21)9-19-13-7-12(20(23)24)5-6-14(13)25-16(11(3)4)17(19)22/h5-7,10-11,16H,8-9H2,1-4H3,(H,18,21). The van der Waals surface area contributed by atoms with Crippen LogP contribution in [0.3, 0.4) is 0 Å². The second-order valence-corrected chi connectivity index (χ2v) is 6.81. The van der Waals surface area contributed by atoms with E-state index < -0.39 is 11.0 Å². The first-order chi connectivity index (χ1) is 11.7. The van der Waals surface area contributed by atoms with E-state index in [0.29, 0.717) is 12.3 Å². The summed E-state index contributed by atoms with van der Waals surface area (Å²) >= 11 is 0. The molecule has 0 aromatic heterocycles. The summed E-state index contributed by atoms with van der Waals surface area (Å²) in [7, 11) is 0. The Labute approximate surface area is 146 Å². The fraction of sp³-hybridized carbons (Fsp3) is 0.529. The van der Waals surface area contributed by atoms with Crippen LogP contribution in [0.1, 0.15) is 27.7 Å². The summed E-state index contributed by atoms with van der Waals surface area (Å²) in [6.07, 6.45) is -0.730. The normalized spacial score (nSPS) is 16.6. The Morgan fingerprint density at radius 3 is 2.60 bits per heavy atom. The van der Waals surface area contributed by atoms with Crippen molar-refractivity contribution < 1.29 is 19.2 Å². The number of nitro benzene ring substituents is 1. The lowest BCUT2D eigenvalue weighted by atomic mass is 10.0. The minimum atomic E-state index is -0.730. The maximum atomic E-state index is 12.7. The number of hydrogen-bond acceptors (Lipinski definition) is 5. The molecule has 2 rings (SSSR count). The SMILES string of the molecule is CC(C)CNC(=O)CN1C(=O)C(C(C)C)Oc2ccc([N+](=O)[O-])cc21. The van der Waals surface area contributed by atoms with E-state index in [1.165, 1.54) is 23.1 Å². The lowest BCUT2D eigenvalue weighted by molar-refractivity contribution is -0.384. The van der Waals surface area contributed by atoms with E-state index in [9.17, 15) is 19.7 Å². The average molecular weight is 349 g/mol. The lowest BCUT2D eigenvalue weighted by Gasteiger charge is -2.35. The quantitative estimate of drug-likeness (QED) is 0.626. The van der Waals surface area contributed by atoms with Gasteiger partial charge < -0.3 is 10.1 Å². The van der Waals surface area contributed by atoms with Crippen LogP contribution in [0.5, 0.6) is 5.75 Å². The van der Waals surface area contributed by atoms with Gasteiger partial charge in [-0.3, -0.25) is 24.6 Å². The molecular formula is C17H23N3O5. The zero-order valence-corrected chi connectivity index (χ0v) is 14.8. The number of nitrogens with zero attached hydrogens (tertiary/aromatic N) is 2. The molecule has 0 radical (unpaired) electrons. The molecule has 1 aliphatic rings. The van der Waals surface area contributed by atoms with E-state index in [0.717, 1.165) is 0 Å². The fourth-order valence-corrected chi connectivity index (χ4v) is 2.49. The van der Waals surface area contributed by atoms with Crippen LogP contribution >= 0.6 is 0 Å². The summed E-state index contributed by atoms with van der Waals surface area (Å²) in [6, 6.07) is 4.05. The molecule has 2 amide bonds. The van der Waals surface area contributed by atoms with Gasteiger partial charge >= 0.3 is 0 Å². The molecule has 25 heavy (non-hydrogen) atoms. The van der Waals surface area contributed by atoms with Crippen LogP contribution in [-0.2, 0) is 9.59 Å². The Bertz CT molecular complexity index is 687. The van der Waals surface area contributed by atoms with E-state index in [1.54, 1.807) is 0 Å². The summed E-state index contributed by atoms with van der Waals surface area (Å²) in [5.74, 6) is -0.148. The maximum Gasteiger partial charge on any atom is 0.271 e. The molecule has 0 spiro atoms. The molecule has 1 aromatic carbocycles. The molecule has 8 heteroatoms. The van der Waals surface area contributed by atoms with Crippen LogP contribution in [0.4, 0.5) is 11.4 Å². The molecule has 0 aliphatic carbocycles. The highest BCUT2D eigenvalue weighted by molar-refractivity contribution is 6.04. The van der Waals surface area contributed by atoms with Crippen molar-refractivity contribution in [2.75, 3.05) is 18.0 Å². The second-order valence-electron chi connectivity index (χ2n) is 6.81. The predicted molar refractivity (Wildman–Crippen MR) is 92.6 cm³/mol.